The Bertz CT molecular complexity index is 989. The van der Waals surface area contributed by atoms with Crippen LogP contribution in [0.4, 0.5) is 0 Å². The van der Waals surface area contributed by atoms with Crippen LogP contribution in [-0.4, -0.2) is 80.5 Å². The second kappa shape index (κ2) is 7.86. The molecular formula is C18H27N7O3S. The van der Waals surface area contributed by atoms with Crippen LogP contribution in [0.3, 0.4) is 0 Å². The fourth-order valence-corrected chi connectivity index (χ4v) is 5.10. The molecule has 2 aromatic rings. The van der Waals surface area contributed by atoms with Crippen molar-refractivity contribution in [1.29, 1.82) is 0 Å². The van der Waals surface area contributed by atoms with Crippen LogP contribution in [-0.2, 0) is 29.5 Å². The molecule has 0 radical (unpaired) electrons. The molecule has 0 aliphatic carbocycles. The van der Waals surface area contributed by atoms with Gasteiger partial charge in [-0.25, -0.2) is 12.7 Å². The van der Waals surface area contributed by atoms with Gasteiger partial charge in [0.05, 0.1) is 6.26 Å². The minimum Gasteiger partial charge on any atom is -0.335 e. The Morgan fingerprint density at radius 3 is 2.59 bits per heavy atom. The van der Waals surface area contributed by atoms with Gasteiger partial charge in [0, 0.05) is 57.8 Å². The third kappa shape index (κ3) is 3.93. The van der Waals surface area contributed by atoms with Gasteiger partial charge in [-0.05, 0) is 25.8 Å². The topological polar surface area (TPSA) is 106 Å². The van der Waals surface area contributed by atoms with Crippen molar-refractivity contribution in [2.75, 3.05) is 32.4 Å². The average molecular weight is 422 g/mol. The summed E-state index contributed by atoms with van der Waals surface area (Å²) in [4.78, 5) is 14.8. The first-order valence-corrected chi connectivity index (χ1v) is 11.9. The number of rotatable bonds is 4. The lowest BCUT2D eigenvalue weighted by Gasteiger charge is -2.30. The van der Waals surface area contributed by atoms with Crippen molar-refractivity contribution in [3.05, 3.63) is 29.6 Å². The summed E-state index contributed by atoms with van der Waals surface area (Å²) in [6, 6.07) is 1.76. The molecule has 2 aromatic heterocycles. The molecule has 2 aliphatic rings. The third-order valence-electron chi connectivity index (χ3n) is 5.87. The molecule has 1 amide bonds. The van der Waals surface area contributed by atoms with E-state index in [4.69, 9.17) is 0 Å². The van der Waals surface area contributed by atoms with E-state index in [0.29, 0.717) is 51.4 Å². The second-order valence-corrected chi connectivity index (χ2v) is 9.62. The van der Waals surface area contributed by atoms with Crippen LogP contribution < -0.4 is 0 Å². The molecule has 1 saturated heterocycles. The summed E-state index contributed by atoms with van der Waals surface area (Å²) in [5.74, 6) is 2.00. The van der Waals surface area contributed by atoms with E-state index in [0.717, 1.165) is 24.5 Å². The van der Waals surface area contributed by atoms with Gasteiger partial charge in [0.15, 0.2) is 0 Å². The average Bonchev–Trinajstić information content (AvgIpc) is 3.29. The van der Waals surface area contributed by atoms with Gasteiger partial charge in [0.1, 0.15) is 17.3 Å². The Balaban J connectivity index is 1.46. The largest absolute Gasteiger partial charge is 0.335 e. The van der Waals surface area contributed by atoms with Crippen molar-refractivity contribution in [3.63, 3.8) is 0 Å². The molecule has 0 bridgehead atoms. The maximum absolute atomic E-state index is 12.9. The van der Waals surface area contributed by atoms with E-state index in [1.54, 1.807) is 16.9 Å². The molecular weight excluding hydrogens is 394 g/mol. The minimum absolute atomic E-state index is 0.00827. The number of amides is 1. The lowest BCUT2D eigenvalue weighted by Crippen LogP contribution is -2.38. The van der Waals surface area contributed by atoms with Gasteiger partial charge in [0.2, 0.25) is 10.0 Å². The highest BCUT2D eigenvalue weighted by molar-refractivity contribution is 7.88. The number of carbonyl (C=O) groups is 1. The molecule has 4 heterocycles. The minimum atomic E-state index is -3.15. The molecule has 10 nitrogen and oxygen atoms in total. The molecule has 0 spiro atoms. The summed E-state index contributed by atoms with van der Waals surface area (Å²) in [5, 5.41) is 13.0. The molecule has 0 saturated carbocycles. The van der Waals surface area contributed by atoms with E-state index < -0.39 is 10.0 Å². The maximum atomic E-state index is 12.9. The van der Waals surface area contributed by atoms with Crippen molar-refractivity contribution in [2.45, 2.75) is 45.2 Å². The Morgan fingerprint density at radius 2 is 1.90 bits per heavy atom. The smallest absolute Gasteiger partial charge is 0.272 e. The lowest BCUT2D eigenvalue weighted by atomic mass is 9.97. The number of sulfonamides is 1. The first-order chi connectivity index (χ1) is 13.9. The van der Waals surface area contributed by atoms with E-state index in [9.17, 15) is 13.2 Å². The van der Waals surface area contributed by atoms with Gasteiger partial charge in [-0.3, -0.25) is 9.48 Å². The Labute approximate surface area is 170 Å². The summed E-state index contributed by atoms with van der Waals surface area (Å²) >= 11 is 0. The van der Waals surface area contributed by atoms with Gasteiger partial charge in [0.25, 0.3) is 5.91 Å². The number of aryl methyl sites for hydroxylation is 1. The van der Waals surface area contributed by atoms with Crippen LogP contribution in [0.5, 0.6) is 0 Å². The van der Waals surface area contributed by atoms with Gasteiger partial charge in [-0.1, -0.05) is 0 Å². The number of piperidine rings is 1. The molecule has 158 valence electrons. The van der Waals surface area contributed by atoms with Crippen molar-refractivity contribution in [2.24, 2.45) is 0 Å². The zero-order valence-corrected chi connectivity index (χ0v) is 17.7. The molecule has 1 fully saturated rings. The molecule has 0 N–H and O–H groups in total. The predicted molar refractivity (Wildman–Crippen MR) is 106 cm³/mol. The Kier molecular flexibility index (Phi) is 5.43. The molecule has 0 unspecified atom stereocenters. The van der Waals surface area contributed by atoms with Crippen molar-refractivity contribution >= 4 is 15.9 Å². The Hall–Kier alpha value is -2.27. The SMILES string of the molecule is CCn1nccc1C(=O)N1CCc2nnc(C3CCN(S(C)(=O)=O)CC3)n2CC1. The normalized spacial score (nSPS) is 19.2. The van der Waals surface area contributed by atoms with Crippen LogP contribution in [0, 0.1) is 0 Å². The summed E-state index contributed by atoms with van der Waals surface area (Å²) < 4.78 is 28.9. The molecule has 11 heteroatoms. The van der Waals surface area contributed by atoms with E-state index in [1.807, 2.05) is 11.8 Å². The van der Waals surface area contributed by atoms with Crippen molar-refractivity contribution in [1.82, 2.24) is 33.8 Å². The first kappa shape index (κ1) is 20.0. The van der Waals surface area contributed by atoms with E-state index in [1.165, 1.54) is 10.6 Å². The fourth-order valence-electron chi connectivity index (χ4n) is 4.22. The number of hydrogen-bond acceptors (Lipinski definition) is 6. The number of nitrogens with zero attached hydrogens (tertiary/aromatic N) is 7. The van der Waals surface area contributed by atoms with E-state index in [2.05, 4.69) is 19.9 Å². The van der Waals surface area contributed by atoms with Gasteiger partial charge in [-0.2, -0.15) is 5.10 Å². The van der Waals surface area contributed by atoms with Crippen LogP contribution in [0.2, 0.25) is 0 Å². The summed E-state index contributed by atoms with van der Waals surface area (Å²) in [6.07, 6.45) is 5.05. The van der Waals surface area contributed by atoms with Gasteiger partial charge >= 0.3 is 0 Å². The van der Waals surface area contributed by atoms with Crippen molar-refractivity contribution < 1.29 is 13.2 Å². The number of hydrogen-bond donors (Lipinski definition) is 0. The van der Waals surface area contributed by atoms with Crippen LogP contribution in [0.1, 0.15) is 47.8 Å². The Morgan fingerprint density at radius 1 is 1.14 bits per heavy atom. The maximum Gasteiger partial charge on any atom is 0.272 e. The van der Waals surface area contributed by atoms with Crippen LogP contribution >= 0.6 is 0 Å². The summed E-state index contributed by atoms with van der Waals surface area (Å²) in [7, 11) is -3.15. The van der Waals surface area contributed by atoms with Crippen LogP contribution in [0.15, 0.2) is 12.3 Å². The zero-order valence-electron chi connectivity index (χ0n) is 16.9. The van der Waals surface area contributed by atoms with E-state index in [-0.39, 0.29) is 11.8 Å². The standard InChI is InChI=1S/C18H27N7O3S/c1-3-25-15(4-8-19-25)18(26)22-9-7-16-20-21-17(24(16)13-12-22)14-5-10-23(11-6-14)29(2,27)28/h4,8,14H,3,5-7,9-13H2,1-2H3. The number of carbonyl (C=O) groups excluding carboxylic acids is 1. The van der Waals surface area contributed by atoms with Crippen LogP contribution in [0.25, 0.3) is 0 Å². The second-order valence-electron chi connectivity index (χ2n) is 7.64. The first-order valence-electron chi connectivity index (χ1n) is 10.1. The summed E-state index contributed by atoms with van der Waals surface area (Å²) in [5.41, 5.74) is 0.610. The predicted octanol–water partition coefficient (Wildman–Crippen LogP) is 0.332. The molecule has 0 atom stereocenters. The highest BCUT2D eigenvalue weighted by Gasteiger charge is 2.31. The molecule has 29 heavy (non-hydrogen) atoms. The fraction of sp³-hybridized carbons (Fsp3) is 0.667. The third-order valence-corrected chi connectivity index (χ3v) is 7.17. The lowest BCUT2D eigenvalue weighted by molar-refractivity contribution is 0.0746. The monoisotopic (exact) mass is 421 g/mol. The van der Waals surface area contributed by atoms with Crippen molar-refractivity contribution in [3.8, 4) is 0 Å². The highest BCUT2D eigenvalue weighted by atomic mass is 32.2. The zero-order chi connectivity index (χ0) is 20.6. The molecule has 2 aliphatic heterocycles. The molecule has 4 rings (SSSR count). The highest BCUT2D eigenvalue weighted by Crippen LogP contribution is 2.29. The van der Waals surface area contributed by atoms with E-state index >= 15 is 0 Å². The van der Waals surface area contributed by atoms with Gasteiger partial charge in [-0.15, -0.1) is 10.2 Å². The quantitative estimate of drug-likeness (QED) is 0.704. The number of fused-ring (bicyclic) bond motifs is 1. The molecule has 0 aromatic carbocycles. The number of aromatic nitrogens is 5. The van der Waals surface area contributed by atoms with Gasteiger partial charge < -0.3 is 9.47 Å². The summed E-state index contributed by atoms with van der Waals surface area (Å²) in [6.45, 7) is 5.48.